The molecule has 19 atom stereocenters. The van der Waals surface area contributed by atoms with Gasteiger partial charge in [0.2, 0.25) is 0 Å². The number of ether oxygens (including phenoxy) is 7. The lowest BCUT2D eigenvalue weighted by molar-refractivity contribution is -0.318. The minimum atomic E-state index is -1.79. The SMILES string of the molecule is CC[C@@H](O)[C@@](C)(O)[C@@H]1OC(=O)[C@H](C)[C@H](O[C@H]2CC(C)(OC)[C@@H](O)C(C)O2)[C@H](C)[C@@H](O[C@@H]2OC(C)CC(N(C)C(C)C)C2O)[C@]2(C)CC(C)C(O2)[C@@H]1C. The molecule has 13 heteroatoms. The predicted molar refractivity (Wildman–Crippen MR) is 193 cm³/mol. The van der Waals surface area contributed by atoms with Crippen molar-refractivity contribution in [2.75, 3.05) is 14.2 Å². The van der Waals surface area contributed by atoms with Crippen molar-refractivity contribution in [2.24, 2.45) is 23.7 Å². The van der Waals surface area contributed by atoms with Crippen LogP contribution in [0.15, 0.2) is 0 Å². The van der Waals surface area contributed by atoms with E-state index in [2.05, 4.69) is 25.7 Å². The Kier molecular flexibility index (Phi) is 14.0. The van der Waals surface area contributed by atoms with Crippen LogP contribution in [-0.2, 0) is 38.0 Å². The number of aliphatic hydroxyl groups is 4. The smallest absolute Gasteiger partial charge is 0.311 e. The molecule has 52 heavy (non-hydrogen) atoms. The fourth-order valence-corrected chi connectivity index (χ4v) is 9.48. The minimum absolute atomic E-state index is 0.0624. The fraction of sp³-hybridized carbons (Fsp3) is 0.974. The highest BCUT2D eigenvalue weighted by molar-refractivity contribution is 5.73. The third-order valence-electron chi connectivity index (χ3n) is 13.0. The van der Waals surface area contributed by atoms with Crippen molar-refractivity contribution < 1.29 is 58.4 Å². The average Bonchev–Trinajstić information content (AvgIpc) is 3.40. The van der Waals surface area contributed by atoms with Gasteiger partial charge in [-0.05, 0) is 87.6 Å². The van der Waals surface area contributed by atoms with Crippen LogP contribution in [0.25, 0.3) is 0 Å². The van der Waals surface area contributed by atoms with Gasteiger partial charge in [0.15, 0.2) is 12.6 Å². The summed E-state index contributed by atoms with van der Waals surface area (Å²) in [4.78, 5) is 16.5. The molecule has 4 aliphatic heterocycles. The second-order valence-corrected chi connectivity index (χ2v) is 17.6. The summed E-state index contributed by atoms with van der Waals surface area (Å²) in [5, 5.41) is 45.6. The van der Waals surface area contributed by atoms with Crippen LogP contribution in [-0.4, -0.2) is 142 Å². The van der Waals surface area contributed by atoms with Crippen LogP contribution < -0.4 is 0 Å². The normalized spacial score (nSPS) is 48.2. The number of hydrogen-bond donors (Lipinski definition) is 4. The number of hydrogen-bond acceptors (Lipinski definition) is 13. The molecule has 0 amide bonds. The Bertz CT molecular complexity index is 1190. The zero-order valence-corrected chi connectivity index (χ0v) is 34.1. The molecular weight excluding hydrogens is 674 g/mol. The maximum Gasteiger partial charge on any atom is 0.311 e. The average molecular weight is 746 g/mol. The Hall–Kier alpha value is -0.970. The largest absolute Gasteiger partial charge is 0.459 e. The maximum absolute atomic E-state index is 14.3. The Balaban J connectivity index is 1.83. The quantitative estimate of drug-likeness (QED) is 0.241. The van der Waals surface area contributed by atoms with E-state index in [-0.39, 0.29) is 36.9 Å². The molecule has 0 aromatic carbocycles. The summed E-state index contributed by atoms with van der Waals surface area (Å²) >= 11 is 0. The summed E-state index contributed by atoms with van der Waals surface area (Å²) in [7, 11) is 3.53. The second kappa shape index (κ2) is 16.6. The third-order valence-corrected chi connectivity index (χ3v) is 13.0. The first-order chi connectivity index (χ1) is 24.0. The summed E-state index contributed by atoms with van der Waals surface area (Å²) in [6.45, 7) is 22.5. The highest BCUT2D eigenvalue weighted by Gasteiger charge is 2.59. The fourth-order valence-electron chi connectivity index (χ4n) is 9.48. The number of nitrogens with zero attached hydrogens (tertiary/aromatic N) is 1. The molecule has 4 heterocycles. The highest BCUT2D eigenvalue weighted by Crippen LogP contribution is 2.48. The van der Waals surface area contributed by atoms with Crippen LogP contribution in [0.2, 0.25) is 0 Å². The monoisotopic (exact) mass is 745 g/mol. The van der Waals surface area contributed by atoms with Crippen LogP contribution in [0.5, 0.6) is 0 Å². The number of carbonyl (C=O) groups excluding carboxylic acids is 1. The summed E-state index contributed by atoms with van der Waals surface area (Å²) in [5.41, 5.74) is -3.73. The van der Waals surface area contributed by atoms with E-state index in [0.717, 1.165) is 0 Å². The molecule has 0 aliphatic carbocycles. The summed E-state index contributed by atoms with van der Waals surface area (Å²) < 4.78 is 45.4. The van der Waals surface area contributed by atoms with Crippen LogP contribution >= 0.6 is 0 Å². The molecular formula is C39H71NO12. The van der Waals surface area contributed by atoms with E-state index >= 15 is 0 Å². The maximum atomic E-state index is 14.3. The minimum Gasteiger partial charge on any atom is -0.459 e. The first-order valence-corrected chi connectivity index (χ1v) is 19.6. The number of aliphatic hydroxyl groups excluding tert-OH is 3. The van der Waals surface area contributed by atoms with Crippen molar-refractivity contribution in [1.29, 1.82) is 0 Å². The Labute approximate surface area is 311 Å². The first-order valence-electron chi connectivity index (χ1n) is 19.6. The lowest BCUT2D eigenvalue weighted by atomic mass is 9.76. The van der Waals surface area contributed by atoms with Gasteiger partial charge in [0.05, 0.1) is 53.7 Å². The van der Waals surface area contributed by atoms with Crippen LogP contribution in [0, 0.1) is 23.7 Å². The summed E-state index contributed by atoms with van der Waals surface area (Å²) in [6.07, 6.45) is -7.43. The third kappa shape index (κ3) is 8.55. The van der Waals surface area contributed by atoms with E-state index in [1.807, 2.05) is 34.7 Å². The number of cyclic esters (lactones) is 1. The molecule has 0 aromatic rings. The van der Waals surface area contributed by atoms with Gasteiger partial charge in [-0.2, -0.15) is 0 Å². The van der Waals surface area contributed by atoms with E-state index in [0.29, 0.717) is 12.8 Å². The van der Waals surface area contributed by atoms with E-state index < -0.39 is 102 Å². The number of esters is 1. The molecule has 13 nitrogen and oxygen atoms in total. The van der Waals surface area contributed by atoms with E-state index in [1.165, 1.54) is 14.0 Å². The van der Waals surface area contributed by atoms with Gasteiger partial charge in [0.1, 0.15) is 23.9 Å². The van der Waals surface area contributed by atoms with Crippen molar-refractivity contribution in [3.8, 4) is 0 Å². The number of methoxy groups -OCH3 is 1. The van der Waals surface area contributed by atoms with E-state index in [1.54, 1.807) is 27.7 Å². The van der Waals surface area contributed by atoms with Crippen molar-refractivity contribution in [1.82, 2.24) is 4.90 Å². The number of carbonyl (C=O) groups is 1. The van der Waals surface area contributed by atoms with Gasteiger partial charge in [0, 0.05) is 37.5 Å². The molecule has 4 fully saturated rings. The molecule has 0 radical (unpaired) electrons. The van der Waals surface area contributed by atoms with Crippen LogP contribution in [0.3, 0.4) is 0 Å². The molecule has 4 aliphatic rings. The Morgan fingerprint density at radius 3 is 2.23 bits per heavy atom. The molecule has 2 bridgehead atoms. The molecule has 0 saturated carbocycles. The van der Waals surface area contributed by atoms with Gasteiger partial charge < -0.3 is 53.6 Å². The van der Waals surface area contributed by atoms with Crippen LogP contribution in [0.1, 0.15) is 109 Å². The molecule has 4 saturated heterocycles. The summed E-state index contributed by atoms with van der Waals surface area (Å²) in [5.74, 6) is -2.69. The Morgan fingerprint density at radius 1 is 1.02 bits per heavy atom. The molecule has 0 spiro atoms. The molecule has 4 N–H and O–H groups in total. The van der Waals surface area contributed by atoms with Crippen molar-refractivity contribution >= 4 is 5.97 Å². The van der Waals surface area contributed by atoms with Gasteiger partial charge in [-0.1, -0.05) is 27.7 Å². The van der Waals surface area contributed by atoms with Crippen molar-refractivity contribution in [3.63, 3.8) is 0 Å². The van der Waals surface area contributed by atoms with Crippen LogP contribution in [0.4, 0.5) is 0 Å². The lowest BCUT2D eigenvalue weighted by Gasteiger charge is -2.49. The first kappa shape index (κ1) is 43.8. The number of rotatable bonds is 10. The highest BCUT2D eigenvalue weighted by atomic mass is 16.7. The number of fused-ring (bicyclic) bond motifs is 2. The molecule has 4 rings (SSSR count). The standard InChI is InChI=1S/C39H71NO12/c1-15-27(41)39(12,45)34-22(6)30-20(4)17-38(11,52-30)33(51-36-29(42)26(16-21(5)47-36)40(13)19(2)3)23(7)31(24(8)35(44)50-34)49-28-18-37(10,46-14)32(43)25(9)48-28/h19-34,36,41-43,45H,15-18H2,1-14H3/t20?,21?,22-,23-,24+,25?,26?,27+,28-,29?,30?,31+,32-,33+,34+,36-,37?,38-,39+/m0/s1. The van der Waals surface area contributed by atoms with E-state index in [4.69, 9.17) is 33.2 Å². The summed E-state index contributed by atoms with van der Waals surface area (Å²) in [6, 6.07) is -0.0455. The second-order valence-electron chi connectivity index (χ2n) is 17.6. The van der Waals surface area contributed by atoms with Gasteiger partial charge >= 0.3 is 5.97 Å². The van der Waals surface area contributed by atoms with Crippen molar-refractivity contribution in [2.45, 2.75) is 205 Å². The van der Waals surface area contributed by atoms with Gasteiger partial charge in [-0.25, -0.2) is 0 Å². The van der Waals surface area contributed by atoms with Gasteiger partial charge in [-0.15, -0.1) is 0 Å². The molecule has 7 unspecified atom stereocenters. The zero-order chi connectivity index (χ0) is 39.2. The number of likely N-dealkylation sites (N-methyl/N-ethyl adjacent to an activating group) is 1. The van der Waals surface area contributed by atoms with Gasteiger partial charge in [0.25, 0.3) is 0 Å². The molecule has 304 valence electrons. The zero-order valence-electron chi connectivity index (χ0n) is 34.1. The van der Waals surface area contributed by atoms with E-state index in [9.17, 15) is 25.2 Å². The molecule has 0 aromatic heterocycles. The van der Waals surface area contributed by atoms with Crippen molar-refractivity contribution in [3.05, 3.63) is 0 Å². The Morgan fingerprint density at radius 2 is 1.65 bits per heavy atom. The lowest BCUT2D eigenvalue weighted by Crippen LogP contribution is -2.61. The van der Waals surface area contributed by atoms with Gasteiger partial charge in [-0.3, -0.25) is 9.69 Å². The topological polar surface area (TPSA) is 166 Å². The predicted octanol–water partition coefficient (Wildman–Crippen LogP) is 3.40.